The summed E-state index contributed by atoms with van der Waals surface area (Å²) in [6.07, 6.45) is 0.139. The smallest absolute Gasteiger partial charge is 0.161 e. The molecule has 1 aliphatic heterocycles. The summed E-state index contributed by atoms with van der Waals surface area (Å²) in [5, 5.41) is 0.807. The highest BCUT2D eigenvalue weighted by atomic mass is 79.9. The van der Waals surface area contributed by atoms with Gasteiger partial charge in [-0.05, 0) is 12.1 Å². The van der Waals surface area contributed by atoms with Crippen molar-refractivity contribution >= 4 is 15.9 Å². The summed E-state index contributed by atoms with van der Waals surface area (Å²) < 4.78 is 11.1. The van der Waals surface area contributed by atoms with Crippen molar-refractivity contribution in [3.8, 4) is 11.5 Å². The van der Waals surface area contributed by atoms with E-state index in [4.69, 9.17) is 9.47 Å². The molecule has 0 unspecified atom stereocenters. The fourth-order valence-corrected chi connectivity index (χ4v) is 1.46. The van der Waals surface area contributed by atoms with Crippen molar-refractivity contribution in [1.29, 1.82) is 0 Å². The van der Waals surface area contributed by atoms with Crippen molar-refractivity contribution in [2.75, 3.05) is 11.9 Å². The first kappa shape index (κ1) is 7.92. The zero-order valence-corrected chi connectivity index (χ0v) is 8.08. The molecule has 0 bridgehead atoms. The maximum atomic E-state index is 5.61. The van der Waals surface area contributed by atoms with Crippen molar-refractivity contribution in [3.05, 3.63) is 24.3 Å². The first-order valence-corrected chi connectivity index (χ1v) is 4.97. The number of benzene rings is 1. The zero-order valence-electron chi connectivity index (χ0n) is 6.50. The third-order valence-corrected chi connectivity index (χ3v) is 2.46. The van der Waals surface area contributed by atoms with Gasteiger partial charge in [-0.2, -0.15) is 0 Å². The van der Waals surface area contributed by atoms with Gasteiger partial charge in [0.1, 0.15) is 12.7 Å². The molecule has 0 fully saturated rings. The Labute approximate surface area is 79.6 Å². The van der Waals surface area contributed by atoms with Crippen LogP contribution in [0.5, 0.6) is 11.5 Å². The number of rotatable bonds is 1. The molecule has 0 aromatic heterocycles. The number of fused-ring (bicyclic) bond motifs is 1. The second-order valence-corrected chi connectivity index (χ2v) is 3.30. The Morgan fingerprint density at radius 2 is 2.08 bits per heavy atom. The second-order valence-electron chi connectivity index (χ2n) is 2.65. The van der Waals surface area contributed by atoms with Gasteiger partial charge in [0.2, 0.25) is 0 Å². The molecule has 2 nitrogen and oxygen atoms in total. The summed E-state index contributed by atoms with van der Waals surface area (Å²) in [6.45, 7) is 0.627. The molecule has 0 saturated heterocycles. The van der Waals surface area contributed by atoms with Crippen molar-refractivity contribution < 1.29 is 9.47 Å². The largest absolute Gasteiger partial charge is 0.486 e. The van der Waals surface area contributed by atoms with Crippen molar-refractivity contribution in [2.45, 2.75) is 6.10 Å². The highest BCUT2D eigenvalue weighted by Gasteiger charge is 2.18. The average Bonchev–Trinajstić information content (AvgIpc) is 2.17. The van der Waals surface area contributed by atoms with Crippen LogP contribution in [0.3, 0.4) is 0 Å². The van der Waals surface area contributed by atoms with E-state index < -0.39 is 0 Å². The Balaban J connectivity index is 2.23. The highest BCUT2D eigenvalue weighted by Crippen LogP contribution is 2.30. The second kappa shape index (κ2) is 3.35. The van der Waals surface area contributed by atoms with Gasteiger partial charge in [-0.1, -0.05) is 28.1 Å². The SMILES string of the molecule is BrC[C@H]1COc2ccccc2O1. The number of hydrogen-bond acceptors (Lipinski definition) is 2. The number of alkyl halides is 1. The van der Waals surface area contributed by atoms with Gasteiger partial charge in [0.25, 0.3) is 0 Å². The molecule has 1 aliphatic rings. The Morgan fingerprint density at radius 1 is 1.33 bits per heavy atom. The maximum absolute atomic E-state index is 5.61. The molecule has 64 valence electrons. The van der Waals surface area contributed by atoms with Gasteiger partial charge in [0, 0.05) is 5.33 Å². The van der Waals surface area contributed by atoms with Crippen molar-refractivity contribution in [3.63, 3.8) is 0 Å². The first-order valence-electron chi connectivity index (χ1n) is 3.84. The average molecular weight is 229 g/mol. The van der Waals surface area contributed by atoms with E-state index in [0.29, 0.717) is 6.61 Å². The van der Waals surface area contributed by atoms with Gasteiger partial charge in [0.05, 0.1) is 0 Å². The van der Waals surface area contributed by atoms with Crippen LogP contribution < -0.4 is 9.47 Å². The summed E-state index contributed by atoms with van der Waals surface area (Å²) in [4.78, 5) is 0. The first-order chi connectivity index (χ1) is 5.90. The van der Waals surface area contributed by atoms with Gasteiger partial charge in [-0.3, -0.25) is 0 Å². The van der Waals surface area contributed by atoms with Gasteiger partial charge in [-0.25, -0.2) is 0 Å². The van der Waals surface area contributed by atoms with E-state index in [0.717, 1.165) is 16.8 Å². The Hall–Kier alpha value is -0.700. The van der Waals surface area contributed by atoms with Gasteiger partial charge < -0.3 is 9.47 Å². The van der Waals surface area contributed by atoms with Gasteiger partial charge in [-0.15, -0.1) is 0 Å². The van der Waals surface area contributed by atoms with E-state index in [2.05, 4.69) is 15.9 Å². The predicted molar refractivity (Wildman–Crippen MR) is 50.1 cm³/mol. The molecular weight excluding hydrogens is 220 g/mol. The number of ether oxygens (including phenoxy) is 2. The normalized spacial score (nSPS) is 20.6. The fourth-order valence-electron chi connectivity index (χ4n) is 1.14. The molecule has 12 heavy (non-hydrogen) atoms. The quantitative estimate of drug-likeness (QED) is 0.687. The molecule has 2 rings (SSSR count). The molecule has 1 atom stereocenters. The van der Waals surface area contributed by atoms with Crippen molar-refractivity contribution in [1.82, 2.24) is 0 Å². The van der Waals surface area contributed by atoms with Crippen LogP contribution in [0.2, 0.25) is 0 Å². The molecule has 1 aromatic rings. The van der Waals surface area contributed by atoms with E-state index >= 15 is 0 Å². The summed E-state index contributed by atoms with van der Waals surface area (Å²) >= 11 is 3.36. The minimum atomic E-state index is 0.139. The van der Waals surface area contributed by atoms with Crippen LogP contribution >= 0.6 is 15.9 Å². The van der Waals surface area contributed by atoms with Gasteiger partial charge >= 0.3 is 0 Å². The molecule has 3 heteroatoms. The van der Waals surface area contributed by atoms with Crippen LogP contribution in [-0.2, 0) is 0 Å². The van der Waals surface area contributed by atoms with Crippen LogP contribution in [0, 0.1) is 0 Å². The Bertz CT molecular complexity index is 275. The Morgan fingerprint density at radius 3 is 2.83 bits per heavy atom. The van der Waals surface area contributed by atoms with Crippen LogP contribution in [0.25, 0.3) is 0 Å². The van der Waals surface area contributed by atoms with E-state index in [-0.39, 0.29) is 6.10 Å². The lowest BCUT2D eigenvalue weighted by atomic mass is 10.3. The molecule has 0 amide bonds. The van der Waals surface area contributed by atoms with Crippen LogP contribution in [-0.4, -0.2) is 18.0 Å². The monoisotopic (exact) mass is 228 g/mol. The minimum Gasteiger partial charge on any atom is -0.486 e. The zero-order chi connectivity index (χ0) is 8.39. The number of para-hydroxylation sites is 2. The third-order valence-electron chi connectivity index (χ3n) is 1.74. The summed E-state index contributed by atoms with van der Waals surface area (Å²) in [5.41, 5.74) is 0. The fraction of sp³-hybridized carbons (Fsp3) is 0.333. The molecular formula is C9H9BrO2. The van der Waals surface area contributed by atoms with Gasteiger partial charge in [0.15, 0.2) is 11.5 Å². The topological polar surface area (TPSA) is 18.5 Å². The molecule has 1 aromatic carbocycles. The Kier molecular flexibility index (Phi) is 2.21. The van der Waals surface area contributed by atoms with Crippen molar-refractivity contribution in [2.24, 2.45) is 0 Å². The third kappa shape index (κ3) is 1.41. The standard InChI is InChI=1S/C9H9BrO2/c10-5-7-6-11-8-3-1-2-4-9(8)12-7/h1-4,7H,5-6H2/t7-/m0/s1. The lowest BCUT2D eigenvalue weighted by Gasteiger charge is -2.24. The van der Waals surface area contributed by atoms with E-state index in [1.54, 1.807) is 0 Å². The molecule has 1 heterocycles. The van der Waals surface area contributed by atoms with Crippen LogP contribution in [0.15, 0.2) is 24.3 Å². The lowest BCUT2D eigenvalue weighted by Crippen LogP contribution is -2.30. The maximum Gasteiger partial charge on any atom is 0.161 e. The van der Waals surface area contributed by atoms with Crippen LogP contribution in [0.1, 0.15) is 0 Å². The lowest BCUT2D eigenvalue weighted by molar-refractivity contribution is 0.108. The van der Waals surface area contributed by atoms with E-state index in [1.165, 1.54) is 0 Å². The van der Waals surface area contributed by atoms with E-state index in [9.17, 15) is 0 Å². The molecule has 0 aliphatic carbocycles. The van der Waals surface area contributed by atoms with E-state index in [1.807, 2.05) is 24.3 Å². The number of hydrogen-bond donors (Lipinski definition) is 0. The highest BCUT2D eigenvalue weighted by molar-refractivity contribution is 9.09. The molecule has 0 radical (unpaired) electrons. The number of halogens is 1. The molecule has 0 spiro atoms. The molecule has 0 N–H and O–H groups in total. The predicted octanol–water partition coefficient (Wildman–Crippen LogP) is 2.22. The summed E-state index contributed by atoms with van der Waals surface area (Å²) in [6, 6.07) is 7.72. The molecule has 0 saturated carbocycles. The summed E-state index contributed by atoms with van der Waals surface area (Å²) in [7, 11) is 0. The summed E-state index contributed by atoms with van der Waals surface area (Å²) in [5.74, 6) is 1.68. The van der Waals surface area contributed by atoms with Crippen LogP contribution in [0.4, 0.5) is 0 Å². The minimum absolute atomic E-state index is 0.139.